The predicted octanol–water partition coefficient (Wildman–Crippen LogP) is 3.01. The number of carbonyl (C=O) groups is 1. The predicted molar refractivity (Wildman–Crippen MR) is 85.0 cm³/mol. The first-order valence-corrected chi connectivity index (χ1v) is 9.25. The molecular weight excluding hydrogens is 270 g/mol. The summed E-state index contributed by atoms with van der Waals surface area (Å²) in [6, 6.07) is 0. The highest BCUT2D eigenvalue weighted by Gasteiger charge is 2.40. The van der Waals surface area contributed by atoms with E-state index in [0.29, 0.717) is 11.7 Å². The Hall–Kier alpha value is -0.0600. The van der Waals surface area contributed by atoms with Gasteiger partial charge in [-0.15, -0.1) is 0 Å². The summed E-state index contributed by atoms with van der Waals surface area (Å²) in [5.41, 5.74) is 5.60. The van der Waals surface area contributed by atoms with E-state index in [2.05, 4.69) is 6.92 Å². The molecule has 0 aromatic heterocycles. The fourth-order valence-electron chi connectivity index (χ4n) is 3.42. The number of thioether (sulfide) groups is 1. The average Bonchev–Trinajstić information content (AvgIpc) is 2.46. The van der Waals surface area contributed by atoms with Gasteiger partial charge in [-0.2, -0.15) is 11.8 Å². The van der Waals surface area contributed by atoms with E-state index in [1.54, 1.807) is 0 Å². The van der Waals surface area contributed by atoms with Crippen LogP contribution >= 0.6 is 11.8 Å². The van der Waals surface area contributed by atoms with Crippen molar-refractivity contribution in [3.05, 3.63) is 0 Å². The Bertz CT molecular complexity index is 310. The lowest BCUT2D eigenvalue weighted by Crippen LogP contribution is -2.44. The average molecular weight is 299 g/mol. The van der Waals surface area contributed by atoms with Gasteiger partial charge in [0.05, 0.1) is 5.60 Å². The van der Waals surface area contributed by atoms with E-state index >= 15 is 0 Å². The molecule has 2 atom stereocenters. The third kappa shape index (κ3) is 4.47. The van der Waals surface area contributed by atoms with Gasteiger partial charge in [0, 0.05) is 18.9 Å². The lowest BCUT2D eigenvalue weighted by atomic mass is 9.79. The monoisotopic (exact) mass is 299 g/mol. The number of carbonyl (C=O) groups excluding carboxylic acids is 1. The molecule has 20 heavy (non-hydrogen) atoms. The zero-order valence-electron chi connectivity index (χ0n) is 12.7. The summed E-state index contributed by atoms with van der Waals surface area (Å²) in [7, 11) is 0. The SMILES string of the molecule is CC(CCN)CCC(=O)C1CCOC2(CCSCC2)C1. The van der Waals surface area contributed by atoms with Crippen LogP contribution in [0.15, 0.2) is 0 Å². The molecule has 2 heterocycles. The van der Waals surface area contributed by atoms with Crippen LogP contribution < -0.4 is 5.73 Å². The van der Waals surface area contributed by atoms with Crippen molar-refractivity contribution in [2.75, 3.05) is 24.7 Å². The van der Waals surface area contributed by atoms with E-state index in [1.165, 1.54) is 11.5 Å². The quantitative estimate of drug-likeness (QED) is 0.819. The smallest absolute Gasteiger partial charge is 0.136 e. The number of Topliss-reactive ketones (excluding diaryl/α,β-unsaturated/α-hetero) is 1. The van der Waals surface area contributed by atoms with Crippen molar-refractivity contribution >= 4 is 17.5 Å². The van der Waals surface area contributed by atoms with Crippen LogP contribution in [0.5, 0.6) is 0 Å². The first kappa shape index (κ1) is 16.3. The second kappa shape index (κ2) is 7.81. The summed E-state index contributed by atoms with van der Waals surface area (Å²) >= 11 is 2.02. The second-order valence-electron chi connectivity index (χ2n) is 6.52. The number of hydrogen-bond acceptors (Lipinski definition) is 4. The molecule has 0 bridgehead atoms. The molecule has 2 N–H and O–H groups in total. The van der Waals surface area contributed by atoms with Crippen LogP contribution in [0.1, 0.15) is 51.9 Å². The van der Waals surface area contributed by atoms with Gasteiger partial charge in [0.15, 0.2) is 0 Å². The Morgan fingerprint density at radius 2 is 2.15 bits per heavy atom. The summed E-state index contributed by atoms with van der Waals surface area (Å²) < 4.78 is 6.07. The molecule has 0 aromatic carbocycles. The van der Waals surface area contributed by atoms with Crippen molar-refractivity contribution < 1.29 is 9.53 Å². The molecule has 2 saturated heterocycles. The summed E-state index contributed by atoms with van der Waals surface area (Å²) in [6.07, 6.45) is 6.92. The molecule has 0 aliphatic carbocycles. The van der Waals surface area contributed by atoms with Gasteiger partial charge in [0.25, 0.3) is 0 Å². The van der Waals surface area contributed by atoms with Crippen molar-refractivity contribution in [1.82, 2.24) is 0 Å². The van der Waals surface area contributed by atoms with Crippen LogP contribution in [0.4, 0.5) is 0 Å². The first-order chi connectivity index (χ1) is 9.65. The van der Waals surface area contributed by atoms with Crippen LogP contribution in [-0.2, 0) is 9.53 Å². The van der Waals surface area contributed by atoms with Gasteiger partial charge in [0.1, 0.15) is 5.78 Å². The summed E-state index contributed by atoms with van der Waals surface area (Å²) in [5, 5.41) is 0. The molecule has 2 unspecified atom stereocenters. The summed E-state index contributed by atoms with van der Waals surface area (Å²) in [5.74, 6) is 3.67. The molecule has 0 saturated carbocycles. The maximum atomic E-state index is 12.4. The summed E-state index contributed by atoms with van der Waals surface area (Å²) in [6.45, 7) is 3.71. The van der Waals surface area contributed by atoms with Gasteiger partial charge in [-0.3, -0.25) is 4.79 Å². The van der Waals surface area contributed by atoms with Crippen molar-refractivity contribution in [3.8, 4) is 0 Å². The first-order valence-electron chi connectivity index (χ1n) is 8.10. The van der Waals surface area contributed by atoms with Crippen molar-refractivity contribution in [2.45, 2.75) is 57.5 Å². The third-order valence-corrected chi connectivity index (χ3v) is 5.88. The van der Waals surface area contributed by atoms with Crippen LogP contribution in [0.2, 0.25) is 0 Å². The molecule has 2 aliphatic heterocycles. The topological polar surface area (TPSA) is 52.3 Å². The molecule has 2 rings (SSSR count). The Morgan fingerprint density at radius 3 is 2.85 bits per heavy atom. The lowest BCUT2D eigenvalue weighted by molar-refractivity contribution is -0.138. The Labute approximate surface area is 127 Å². The second-order valence-corrected chi connectivity index (χ2v) is 7.75. The van der Waals surface area contributed by atoms with E-state index in [-0.39, 0.29) is 11.5 Å². The van der Waals surface area contributed by atoms with E-state index < -0.39 is 0 Å². The van der Waals surface area contributed by atoms with Gasteiger partial charge in [-0.05, 0) is 62.5 Å². The molecule has 0 amide bonds. The van der Waals surface area contributed by atoms with Crippen LogP contribution in [0.3, 0.4) is 0 Å². The van der Waals surface area contributed by atoms with Gasteiger partial charge in [0.2, 0.25) is 0 Å². The molecule has 2 fully saturated rings. The molecule has 4 heteroatoms. The van der Waals surface area contributed by atoms with Gasteiger partial charge >= 0.3 is 0 Å². The molecule has 116 valence electrons. The number of rotatable bonds is 6. The zero-order valence-corrected chi connectivity index (χ0v) is 13.6. The minimum absolute atomic E-state index is 0.0344. The molecule has 1 spiro atoms. The Morgan fingerprint density at radius 1 is 1.40 bits per heavy atom. The fourth-order valence-corrected chi connectivity index (χ4v) is 4.65. The van der Waals surface area contributed by atoms with Gasteiger partial charge in [-0.1, -0.05) is 6.92 Å². The highest BCUT2D eigenvalue weighted by atomic mass is 32.2. The Kier molecular flexibility index (Phi) is 6.37. The number of nitrogens with two attached hydrogens (primary N) is 1. The normalized spacial score (nSPS) is 27.4. The van der Waals surface area contributed by atoms with E-state index in [4.69, 9.17) is 10.5 Å². The Balaban J connectivity index is 1.80. The molecule has 2 aliphatic rings. The van der Waals surface area contributed by atoms with Crippen LogP contribution in [-0.4, -0.2) is 36.0 Å². The van der Waals surface area contributed by atoms with Crippen LogP contribution in [0, 0.1) is 11.8 Å². The number of ether oxygens (including phenoxy) is 1. The zero-order chi connectivity index (χ0) is 14.4. The van der Waals surface area contributed by atoms with Crippen LogP contribution in [0.25, 0.3) is 0 Å². The maximum Gasteiger partial charge on any atom is 0.136 e. The maximum absolute atomic E-state index is 12.4. The molecule has 3 nitrogen and oxygen atoms in total. The molecule has 0 aromatic rings. The molecule has 0 radical (unpaired) electrons. The highest BCUT2D eigenvalue weighted by molar-refractivity contribution is 7.99. The van der Waals surface area contributed by atoms with E-state index in [1.807, 2.05) is 11.8 Å². The highest BCUT2D eigenvalue weighted by Crippen LogP contribution is 2.40. The van der Waals surface area contributed by atoms with Crippen molar-refractivity contribution in [2.24, 2.45) is 17.6 Å². The third-order valence-electron chi connectivity index (χ3n) is 4.90. The molecular formula is C16H29NO2S. The fraction of sp³-hybridized carbons (Fsp3) is 0.938. The number of ketones is 1. The lowest BCUT2D eigenvalue weighted by Gasteiger charge is -2.43. The minimum atomic E-state index is 0.0344. The van der Waals surface area contributed by atoms with Gasteiger partial charge in [-0.25, -0.2) is 0 Å². The van der Waals surface area contributed by atoms with Crippen molar-refractivity contribution in [3.63, 3.8) is 0 Å². The number of hydrogen-bond donors (Lipinski definition) is 1. The van der Waals surface area contributed by atoms with Crippen molar-refractivity contribution in [1.29, 1.82) is 0 Å². The van der Waals surface area contributed by atoms with E-state index in [0.717, 1.165) is 58.1 Å². The van der Waals surface area contributed by atoms with E-state index in [9.17, 15) is 4.79 Å². The van der Waals surface area contributed by atoms with Gasteiger partial charge < -0.3 is 10.5 Å². The standard InChI is InChI=1S/C16H29NO2S/c1-13(4-8-17)2-3-15(18)14-5-9-19-16(12-14)6-10-20-11-7-16/h13-14H,2-12,17H2,1H3. The summed E-state index contributed by atoms with van der Waals surface area (Å²) in [4.78, 5) is 12.4. The largest absolute Gasteiger partial charge is 0.375 e. The minimum Gasteiger partial charge on any atom is -0.375 e.